The first kappa shape index (κ1) is 32.0. The first-order valence-corrected chi connectivity index (χ1v) is 18.5. The zero-order valence-electron chi connectivity index (χ0n) is 29.2. The van der Waals surface area contributed by atoms with Crippen LogP contribution in [0.2, 0.25) is 0 Å². The predicted molar refractivity (Wildman–Crippen MR) is 201 cm³/mol. The molecule has 5 aliphatic rings. The highest BCUT2D eigenvalue weighted by Gasteiger charge is 2.45. The van der Waals surface area contributed by atoms with E-state index in [1.54, 1.807) is 35.2 Å². The van der Waals surface area contributed by atoms with Crippen molar-refractivity contribution in [3.8, 4) is 11.3 Å². The number of hydrogen-bond donors (Lipinski definition) is 3. The van der Waals surface area contributed by atoms with Crippen molar-refractivity contribution in [2.45, 2.75) is 44.7 Å². The van der Waals surface area contributed by atoms with Crippen molar-refractivity contribution in [3.05, 3.63) is 118 Å². The molecule has 1 spiro atoms. The SMILES string of the molecule is O=C(Nc1ccc(C(=O)N2CCc3cc(C4Nc5ccccc5N4)oc3-c3ccc(F)cc32)cc1)c1cc2c(nc1N1CC3(CCOCC3)C1)CCC2. The largest absolute Gasteiger partial charge is 0.456 e. The lowest BCUT2D eigenvalue weighted by molar-refractivity contribution is -0.000520. The molecule has 10 rings (SSSR count). The number of amides is 2. The molecule has 53 heavy (non-hydrogen) atoms. The molecule has 3 N–H and O–H groups in total. The zero-order chi connectivity index (χ0) is 35.7. The summed E-state index contributed by atoms with van der Waals surface area (Å²) in [5.41, 5.74) is 8.12. The number of nitrogens with one attached hydrogen (secondary N) is 3. The number of aryl methyl sites for hydroxylation is 2. The van der Waals surface area contributed by atoms with Gasteiger partial charge in [0.1, 0.15) is 23.2 Å². The molecule has 2 saturated heterocycles. The Labute approximate surface area is 306 Å². The topological polar surface area (TPSA) is 112 Å². The Kier molecular flexibility index (Phi) is 7.54. The molecule has 3 aromatic carbocycles. The fraction of sp³-hybridized carbons (Fsp3) is 0.310. The van der Waals surface area contributed by atoms with Crippen LogP contribution >= 0.6 is 0 Å². The van der Waals surface area contributed by atoms with Crippen molar-refractivity contribution < 1.29 is 23.1 Å². The lowest BCUT2D eigenvalue weighted by Crippen LogP contribution is -2.59. The quantitative estimate of drug-likeness (QED) is 0.171. The lowest BCUT2D eigenvalue weighted by Gasteiger charge is -2.53. The molecule has 268 valence electrons. The monoisotopic (exact) mass is 710 g/mol. The van der Waals surface area contributed by atoms with Crippen molar-refractivity contribution in [3.63, 3.8) is 0 Å². The lowest BCUT2D eigenvalue weighted by atomic mass is 9.73. The number of benzene rings is 3. The molecule has 2 amide bonds. The summed E-state index contributed by atoms with van der Waals surface area (Å²) < 4.78 is 26.8. The highest BCUT2D eigenvalue weighted by Crippen LogP contribution is 2.44. The number of anilines is 5. The summed E-state index contributed by atoms with van der Waals surface area (Å²) >= 11 is 0. The van der Waals surface area contributed by atoms with E-state index in [1.807, 2.05) is 36.4 Å². The van der Waals surface area contributed by atoms with Crippen molar-refractivity contribution in [2.75, 3.05) is 58.6 Å². The number of fused-ring (bicyclic) bond motifs is 5. The smallest absolute Gasteiger partial charge is 0.259 e. The van der Waals surface area contributed by atoms with Gasteiger partial charge in [0.2, 0.25) is 0 Å². The van der Waals surface area contributed by atoms with Crippen LogP contribution in [0.4, 0.5) is 33.0 Å². The van der Waals surface area contributed by atoms with E-state index in [4.69, 9.17) is 14.1 Å². The number of para-hydroxylation sites is 2. The molecule has 0 bridgehead atoms. The van der Waals surface area contributed by atoms with Crippen molar-refractivity contribution in [1.82, 2.24) is 4.98 Å². The fourth-order valence-corrected chi connectivity index (χ4v) is 8.67. The van der Waals surface area contributed by atoms with E-state index in [9.17, 15) is 14.0 Å². The highest BCUT2D eigenvalue weighted by molar-refractivity contribution is 6.10. The Morgan fingerprint density at radius 2 is 1.66 bits per heavy atom. The number of carbonyl (C=O) groups is 2. The average molecular weight is 711 g/mol. The first-order chi connectivity index (χ1) is 25.9. The Bertz CT molecular complexity index is 2250. The number of ether oxygens (including phenoxy) is 1. The molecule has 2 fully saturated rings. The van der Waals surface area contributed by atoms with Crippen molar-refractivity contribution in [2.24, 2.45) is 5.41 Å². The van der Waals surface area contributed by atoms with Gasteiger partial charge in [-0.1, -0.05) is 12.1 Å². The first-order valence-electron chi connectivity index (χ1n) is 18.5. The maximum absolute atomic E-state index is 14.8. The number of pyridine rings is 1. The van der Waals surface area contributed by atoms with E-state index in [2.05, 4.69) is 20.9 Å². The third-order valence-electron chi connectivity index (χ3n) is 11.6. The van der Waals surface area contributed by atoms with E-state index in [1.165, 1.54) is 12.1 Å². The summed E-state index contributed by atoms with van der Waals surface area (Å²) in [6, 6.07) is 23.4. The van der Waals surface area contributed by atoms with Crippen LogP contribution in [0.1, 0.15) is 68.7 Å². The fourth-order valence-electron chi connectivity index (χ4n) is 8.67. The van der Waals surface area contributed by atoms with Crippen LogP contribution in [0.5, 0.6) is 0 Å². The molecule has 4 aliphatic heterocycles. The van der Waals surface area contributed by atoms with Gasteiger partial charge in [0.15, 0.2) is 6.17 Å². The minimum atomic E-state index is -0.439. The van der Waals surface area contributed by atoms with Crippen LogP contribution in [0.3, 0.4) is 0 Å². The van der Waals surface area contributed by atoms with Crippen LogP contribution in [0, 0.1) is 11.2 Å². The van der Waals surface area contributed by atoms with Gasteiger partial charge in [0.25, 0.3) is 11.8 Å². The number of nitrogens with zero attached hydrogens (tertiary/aromatic N) is 3. The molecule has 10 nitrogen and oxygen atoms in total. The molecule has 0 atom stereocenters. The van der Waals surface area contributed by atoms with Gasteiger partial charge in [0.05, 0.1) is 22.6 Å². The summed E-state index contributed by atoms with van der Waals surface area (Å²) in [6.45, 7) is 3.68. The standard InChI is InChI=1S/C42H39FN6O4/c43-28-10-13-30-35(22-28)49(17-14-27-21-36(53-37(27)30)38-45-33-5-1-2-6-34(33)46-38)41(51)25-8-11-29(12-9-25)44-40(50)31-20-26-4-3-7-32(26)47-39(31)48-23-42(24-48)15-18-52-19-16-42/h1-2,5-6,8-13,20-22,38,45-46H,3-4,7,14-19,23-24H2,(H,44,50). The van der Waals surface area contributed by atoms with E-state index in [-0.39, 0.29) is 23.4 Å². The highest BCUT2D eigenvalue weighted by atomic mass is 19.1. The van der Waals surface area contributed by atoms with E-state index >= 15 is 0 Å². The molecule has 6 heterocycles. The molecule has 11 heteroatoms. The second-order valence-electron chi connectivity index (χ2n) is 15.0. The zero-order valence-corrected chi connectivity index (χ0v) is 29.2. The number of rotatable bonds is 5. The molecule has 2 aromatic heterocycles. The third kappa shape index (κ3) is 5.61. The predicted octanol–water partition coefficient (Wildman–Crippen LogP) is 7.58. The summed E-state index contributed by atoms with van der Waals surface area (Å²) in [6.07, 6.45) is 5.27. The maximum atomic E-state index is 14.8. The molecular weight excluding hydrogens is 671 g/mol. The van der Waals surface area contributed by atoms with E-state index in [0.717, 1.165) is 98.2 Å². The summed E-state index contributed by atoms with van der Waals surface area (Å²) in [7, 11) is 0. The normalized spacial score (nSPS) is 18.2. The molecular formula is C42H39FN6O4. The molecule has 0 saturated carbocycles. The number of hydrogen-bond acceptors (Lipinski definition) is 8. The number of halogens is 1. The van der Waals surface area contributed by atoms with Crippen LogP contribution in [0.15, 0.2) is 83.3 Å². The summed E-state index contributed by atoms with van der Waals surface area (Å²) in [4.78, 5) is 36.8. The number of furan rings is 1. The molecule has 5 aromatic rings. The van der Waals surface area contributed by atoms with Gasteiger partial charge >= 0.3 is 0 Å². The third-order valence-corrected chi connectivity index (χ3v) is 11.6. The Morgan fingerprint density at radius 1 is 0.887 bits per heavy atom. The second kappa shape index (κ2) is 12.5. The molecule has 1 aliphatic carbocycles. The van der Waals surface area contributed by atoms with Gasteiger partial charge in [-0.3, -0.25) is 9.59 Å². The second-order valence-corrected chi connectivity index (χ2v) is 15.0. The van der Waals surface area contributed by atoms with Crippen LogP contribution in [-0.2, 0) is 24.0 Å². The summed E-state index contributed by atoms with van der Waals surface area (Å²) in [5, 5.41) is 9.97. The van der Waals surface area contributed by atoms with Crippen LogP contribution < -0.4 is 25.8 Å². The Balaban J connectivity index is 0.874. The Hall–Kier alpha value is -5.68. The van der Waals surface area contributed by atoms with Crippen molar-refractivity contribution in [1.29, 1.82) is 0 Å². The average Bonchev–Trinajstić information content (AvgIpc) is 3.91. The minimum absolute atomic E-state index is 0.217. The minimum Gasteiger partial charge on any atom is -0.456 e. The maximum Gasteiger partial charge on any atom is 0.259 e. The van der Waals surface area contributed by atoms with Gasteiger partial charge in [-0.15, -0.1) is 0 Å². The van der Waals surface area contributed by atoms with Gasteiger partial charge in [0, 0.05) is 66.3 Å². The summed E-state index contributed by atoms with van der Waals surface area (Å²) in [5.74, 6) is 1.18. The Morgan fingerprint density at radius 3 is 2.43 bits per heavy atom. The van der Waals surface area contributed by atoms with Gasteiger partial charge in [-0.2, -0.15) is 0 Å². The van der Waals surface area contributed by atoms with E-state index < -0.39 is 5.82 Å². The van der Waals surface area contributed by atoms with Crippen molar-refractivity contribution >= 4 is 40.4 Å². The molecule has 0 radical (unpaired) electrons. The van der Waals surface area contributed by atoms with Gasteiger partial charge < -0.3 is 34.9 Å². The van der Waals surface area contributed by atoms with E-state index in [0.29, 0.717) is 46.8 Å². The number of carbonyl (C=O) groups excluding carboxylic acids is 2. The van der Waals surface area contributed by atoms with Gasteiger partial charge in [-0.05, 0) is 111 Å². The van der Waals surface area contributed by atoms with Crippen LogP contribution in [0.25, 0.3) is 11.3 Å². The number of aromatic nitrogens is 1. The van der Waals surface area contributed by atoms with Gasteiger partial charge in [-0.25, -0.2) is 9.37 Å². The molecule has 0 unspecified atom stereocenters. The van der Waals surface area contributed by atoms with Crippen LogP contribution in [-0.4, -0.2) is 49.6 Å².